The molecule has 0 spiro atoms. The number of hydrogen-bond acceptors (Lipinski definition) is 3. The van der Waals surface area contributed by atoms with Crippen molar-refractivity contribution >= 4 is 6.29 Å². The maximum Gasteiger partial charge on any atom is 0.217 e. The molecule has 4 nitrogen and oxygen atoms in total. The first-order chi connectivity index (χ1) is 6.15. The van der Waals surface area contributed by atoms with E-state index < -0.39 is 6.04 Å². The van der Waals surface area contributed by atoms with Gasteiger partial charge in [0.2, 0.25) is 6.29 Å². The average molecular weight is 154 g/mol. The Morgan fingerprint density at radius 3 is 3.36 bits per heavy atom. The summed E-state index contributed by atoms with van der Waals surface area (Å²) >= 11 is 0. The topological polar surface area (TPSA) is 60.9 Å². The smallest absolute Gasteiger partial charge is 0.217 e. The fraction of sp³-hybridized carbons (Fsp3) is 0.429. The zero-order valence-corrected chi connectivity index (χ0v) is 6.19. The van der Waals surface area contributed by atoms with Crippen LogP contribution in [0.25, 0.3) is 0 Å². The van der Waals surface area contributed by atoms with Crippen LogP contribution < -0.4 is 5.72 Å². The summed E-state index contributed by atoms with van der Waals surface area (Å²) in [6.07, 6.45) is 5.12. The Hall–Kier alpha value is -1.16. The average Bonchev–Trinajstić information content (AvgIpc) is 2.46. The summed E-state index contributed by atoms with van der Waals surface area (Å²) in [5.41, 5.74) is 1.15. The van der Waals surface area contributed by atoms with Crippen molar-refractivity contribution in [2.75, 3.05) is 0 Å². The molecule has 0 aromatic carbocycles. The van der Waals surface area contributed by atoms with Gasteiger partial charge in [0.1, 0.15) is 2.82 Å². The third kappa shape index (κ3) is 1.88. The highest BCUT2D eigenvalue weighted by Crippen LogP contribution is 1.98. The van der Waals surface area contributed by atoms with Crippen molar-refractivity contribution in [3.63, 3.8) is 0 Å². The molecule has 0 saturated heterocycles. The van der Waals surface area contributed by atoms with Crippen LogP contribution in [0.3, 0.4) is 0 Å². The monoisotopic (exact) mass is 154 g/mol. The molecule has 0 aliphatic carbocycles. The van der Waals surface area contributed by atoms with Crippen molar-refractivity contribution in [1.82, 2.24) is 9.55 Å². The van der Waals surface area contributed by atoms with E-state index in [1.807, 2.05) is 0 Å². The lowest BCUT2D eigenvalue weighted by atomic mass is 10.2. The van der Waals surface area contributed by atoms with Crippen LogP contribution in [0.4, 0.5) is 0 Å². The van der Waals surface area contributed by atoms with Gasteiger partial charge < -0.3 is 10.3 Å². The van der Waals surface area contributed by atoms with Gasteiger partial charge in [0, 0.05) is 25.4 Å². The Bertz CT molecular complexity index is 287. The first kappa shape index (κ1) is 5.49. The lowest BCUT2D eigenvalue weighted by Gasteiger charge is -2.02. The van der Waals surface area contributed by atoms with E-state index in [1.54, 1.807) is 30.4 Å². The molecule has 0 unspecified atom stereocenters. The summed E-state index contributed by atoms with van der Waals surface area (Å²) in [6.45, 7) is 0. The largest absolute Gasteiger partial charge is 0.338 e. The number of nitrogens with zero attached hydrogens (tertiary/aromatic N) is 2. The van der Waals surface area contributed by atoms with Crippen molar-refractivity contribution in [2.45, 2.75) is 12.5 Å². The maximum atomic E-state index is 10.3. The van der Waals surface area contributed by atoms with Gasteiger partial charge >= 0.3 is 0 Å². The zero-order valence-electron chi connectivity index (χ0n) is 8.19. The first-order valence-corrected chi connectivity index (χ1v) is 3.25. The molecule has 1 atom stereocenters. The minimum absolute atomic E-state index is 0.285. The third-order valence-corrected chi connectivity index (χ3v) is 1.45. The van der Waals surface area contributed by atoms with E-state index in [-0.39, 0.29) is 6.42 Å². The predicted molar refractivity (Wildman–Crippen MR) is 40.6 cm³/mol. The van der Waals surface area contributed by atoms with Gasteiger partial charge in [-0.15, -0.1) is 0 Å². The Morgan fingerprint density at radius 2 is 2.91 bits per heavy atom. The highest BCUT2D eigenvalue weighted by atomic mass is 16.1. The number of hydrogen-bond donors (Lipinski definition) is 1. The maximum absolute atomic E-state index is 10.3. The third-order valence-electron chi connectivity index (χ3n) is 1.45. The van der Waals surface area contributed by atoms with Crippen LogP contribution in [0.2, 0.25) is 2.82 Å². The van der Waals surface area contributed by atoms with Crippen LogP contribution in [0.15, 0.2) is 12.5 Å². The van der Waals surface area contributed by atoms with Crippen LogP contribution >= 0.6 is 0 Å². The fourth-order valence-electron chi connectivity index (χ4n) is 0.821. The molecule has 0 bridgehead atoms. The number of aromatic nitrogens is 2. The van der Waals surface area contributed by atoms with E-state index >= 15 is 0 Å². The quantitative estimate of drug-likeness (QED) is 0.630. The Morgan fingerprint density at radius 1 is 2.09 bits per heavy atom. The molecule has 4 heteroatoms. The fourth-order valence-corrected chi connectivity index (χ4v) is 0.821. The number of nitrogens with two attached hydrogens (primary N) is 1. The van der Waals surface area contributed by atoms with E-state index in [1.165, 1.54) is 0 Å². The molecular weight excluding hydrogens is 142 g/mol. The van der Waals surface area contributed by atoms with Crippen LogP contribution in [-0.2, 0) is 18.3 Å². The minimum Gasteiger partial charge on any atom is -0.338 e. The summed E-state index contributed by atoms with van der Waals surface area (Å²) in [5, 5.41) is 0. The lowest BCUT2D eigenvalue weighted by molar-refractivity contribution is 0.539. The van der Waals surface area contributed by atoms with Gasteiger partial charge in [0.25, 0.3) is 0 Å². The van der Waals surface area contributed by atoms with Gasteiger partial charge in [-0.2, -0.15) is 0 Å². The molecule has 0 aliphatic rings. The highest BCUT2D eigenvalue weighted by Gasteiger charge is 2.05. The summed E-state index contributed by atoms with van der Waals surface area (Å²) in [6, 6.07) is -0.851. The summed E-state index contributed by atoms with van der Waals surface area (Å²) in [4.78, 5) is 14.2. The molecular formula is C7H10N3O. The first-order valence-electron chi connectivity index (χ1n) is 4.14. The van der Waals surface area contributed by atoms with Gasteiger partial charge in [-0.1, -0.05) is 0 Å². The van der Waals surface area contributed by atoms with E-state index in [0.29, 0.717) is 5.72 Å². The molecule has 1 rings (SSSR count). The predicted octanol–water partition coefficient (Wildman–Crippen LogP) is -0.600. The molecule has 1 aromatic heterocycles. The van der Waals surface area contributed by atoms with Crippen molar-refractivity contribution in [1.29, 1.82) is 0 Å². The second-order valence-electron chi connectivity index (χ2n) is 2.33. The summed E-state index contributed by atoms with van der Waals surface area (Å²) in [5.74, 6) is 0. The van der Waals surface area contributed by atoms with Crippen molar-refractivity contribution < 1.29 is 7.62 Å². The van der Waals surface area contributed by atoms with Gasteiger partial charge in [-0.3, -0.25) is 4.79 Å². The molecule has 1 aromatic rings. The molecule has 1 radical (unpaired) electrons. The second-order valence-corrected chi connectivity index (χ2v) is 2.33. The molecule has 0 aliphatic heterocycles. The summed E-state index contributed by atoms with van der Waals surface area (Å²) < 4.78 is 15.6. The second kappa shape index (κ2) is 3.30. The van der Waals surface area contributed by atoms with Crippen molar-refractivity contribution in [2.24, 2.45) is 12.8 Å². The lowest BCUT2D eigenvalue weighted by Crippen LogP contribution is -2.25. The molecule has 59 valence electrons. The van der Waals surface area contributed by atoms with E-state index in [0.717, 1.165) is 5.69 Å². The molecule has 0 amide bonds. The zero-order chi connectivity index (χ0) is 9.84. The van der Waals surface area contributed by atoms with Gasteiger partial charge in [0.15, 0.2) is 0 Å². The van der Waals surface area contributed by atoms with Crippen LogP contribution in [-0.4, -0.2) is 21.9 Å². The SMILES string of the molecule is [2H]N([2H])[C@H]([C]=O)Cc1cncn1C. The molecule has 0 saturated carbocycles. The van der Waals surface area contributed by atoms with E-state index in [9.17, 15) is 4.79 Å². The normalized spacial score (nSPS) is 15.8. The number of imidazole rings is 1. The highest BCUT2D eigenvalue weighted by molar-refractivity contribution is 5.58. The van der Waals surface area contributed by atoms with Crippen molar-refractivity contribution in [3.05, 3.63) is 18.2 Å². The molecule has 2 N–H and O–H groups in total. The van der Waals surface area contributed by atoms with Gasteiger partial charge in [-0.05, 0) is 0 Å². The number of rotatable bonds is 4. The van der Waals surface area contributed by atoms with Crippen LogP contribution in [0.5, 0.6) is 0 Å². The Balaban J connectivity index is 2.67. The molecule has 1 heterocycles. The van der Waals surface area contributed by atoms with Crippen LogP contribution in [0.1, 0.15) is 5.69 Å². The molecule has 0 fully saturated rings. The van der Waals surface area contributed by atoms with Crippen LogP contribution in [0, 0.1) is 0 Å². The Kier molecular flexibility index (Phi) is 1.64. The summed E-state index contributed by atoms with van der Waals surface area (Å²) in [7, 11) is 1.79. The minimum atomic E-state index is -0.851. The van der Waals surface area contributed by atoms with E-state index in [2.05, 4.69) is 4.98 Å². The molecule has 11 heavy (non-hydrogen) atoms. The van der Waals surface area contributed by atoms with Gasteiger partial charge in [0.05, 0.1) is 12.4 Å². The number of carbonyl (C=O) groups excluding carboxylic acids is 1. The van der Waals surface area contributed by atoms with Gasteiger partial charge in [-0.25, -0.2) is 4.98 Å². The Labute approximate surface area is 68.0 Å². The standard InChI is InChI=1S/C7H10N3O/c1-10-5-9-3-7(10)2-6(8)4-11/h3,5-6H,2,8H2,1H3/t6-/m0/s1/i/hD2. The van der Waals surface area contributed by atoms with Crippen molar-refractivity contribution in [3.8, 4) is 0 Å². The number of aryl methyl sites for hydroxylation is 1. The van der Waals surface area contributed by atoms with E-state index in [4.69, 9.17) is 2.82 Å².